The van der Waals surface area contributed by atoms with Gasteiger partial charge in [0.25, 0.3) is 15.9 Å². The van der Waals surface area contributed by atoms with Gasteiger partial charge in [0, 0.05) is 36.6 Å². The Morgan fingerprint density at radius 3 is 2.47 bits per heavy atom. The molecule has 0 fully saturated rings. The highest BCUT2D eigenvalue weighted by atomic mass is 32.2. The van der Waals surface area contributed by atoms with Crippen LogP contribution in [0.4, 0.5) is 13.6 Å². The second kappa shape index (κ2) is 11.3. The standard InChI is InChI=1S/C25H28F2N4O6S/c1-25(2,3)15-30(24(34)35)13-17-14-31(21(20(17)26)19-8-5-9-28-22(19)27)38(36,37)18-7-4-6-16(12-18)23(33)29-10-11-32/h4-9,12,14,32H,10-11,13,15H2,1-3H3,(H,29,33)(H,34,35). The zero-order valence-electron chi connectivity index (χ0n) is 21.0. The third kappa shape index (κ3) is 6.34. The Morgan fingerprint density at radius 1 is 1.16 bits per heavy atom. The summed E-state index contributed by atoms with van der Waals surface area (Å²) in [7, 11) is -4.62. The second-order valence-corrected chi connectivity index (χ2v) is 11.5. The number of benzene rings is 1. The number of nitrogens with zero attached hydrogens (tertiary/aromatic N) is 3. The highest BCUT2D eigenvalue weighted by molar-refractivity contribution is 7.90. The summed E-state index contributed by atoms with van der Waals surface area (Å²) in [5, 5.41) is 21.0. The fourth-order valence-corrected chi connectivity index (χ4v) is 5.20. The van der Waals surface area contributed by atoms with E-state index in [4.69, 9.17) is 5.11 Å². The minimum atomic E-state index is -4.62. The third-order valence-electron chi connectivity index (χ3n) is 5.34. The normalized spacial score (nSPS) is 11.8. The van der Waals surface area contributed by atoms with Crippen LogP contribution in [0.3, 0.4) is 0 Å². The molecule has 3 N–H and O–H groups in total. The van der Waals surface area contributed by atoms with E-state index in [0.717, 1.165) is 29.4 Å². The summed E-state index contributed by atoms with van der Waals surface area (Å²) in [6.45, 7) is 4.50. The van der Waals surface area contributed by atoms with Crippen molar-refractivity contribution in [2.24, 2.45) is 5.41 Å². The van der Waals surface area contributed by atoms with Gasteiger partial charge in [0.2, 0.25) is 5.95 Å². The molecule has 0 aliphatic heterocycles. The van der Waals surface area contributed by atoms with Crippen LogP contribution in [0.25, 0.3) is 11.3 Å². The second-order valence-electron chi connectivity index (χ2n) is 9.67. The van der Waals surface area contributed by atoms with Crippen LogP contribution in [0, 0.1) is 17.2 Å². The topological polar surface area (TPSA) is 142 Å². The zero-order chi connectivity index (χ0) is 28.3. The van der Waals surface area contributed by atoms with Crippen LogP contribution in [0.2, 0.25) is 0 Å². The number of carboxylic acid groups (broad SMARTS) is 1. The minimum Gasteiger partial charge on any atom is -0.465 e. The van der Waals surface area contributed by atoms with Gasteiger partial charge >= 0.3 is 6.09 Å². The first-order chi connectivity index (χ1) is 17.8. The molecule has 13 heteroatoms. The number of pyridine rings is 1. The van der Waals surface area contributed by atoms with E-state index in [1.165, 1.54) is 24.3 Å². The smallest absolute Gasteiger partial charge is 0.407 e. The van der Waals surface area contributed by atoms with Crippen molar-refractivity contribution in [3.05, 3.63) is 71.7 Å². The molecule has 38 heavy (non-hydrogen) atoms. The Bertz CT molecular complexity index is 1450. The van der Waals surface area contributed by atoms with Crippen molar-refractivity contribution in [3.8, 4) is 11.3 Å². The first-order valence-electron chi connectivity index (χ1n) is 11.5. The molecule has 0 radical (unpaired) electrons. The van der Waals surface area contributed by atoms with Crippen molar-refractivity contribution in [2.75, 3.05) is 19.7 Å². The highest BCUT2D eigenvalue weighted by Gasteiger charge is 2.31. The van der Waals surface area contributed by atoms with E-state index < -0.39 is 61.9 Å². The lowest BCUT2D eigenvalue weighted by Gasteiger charge is -2.27. The molecular weight excluding hydrogens is 522 g/mol. The van der Waals surface area contributed by atoms with Crippen molar-refractivity contribution in [2.45, 2.75) is 32.2 Å². The van der Waals surface area contributed by atoms with Crippen LogP contribution in [-0.4, -0.2) is 64.2 Å². The Labute approximate surface area is 218 Å². The van der Waals surface area contributed by atoms with Crippen molar-refractivity contribution < 1.29 is 37.0 Å². The lowest BCUT2D eigenvalue weighted by Crippen LogP contribution is -2.36. The maximum absolute atomic E-state index is 15.8. The molecule has 2 heterocycles. The quantitative estimate of drug-likeness (QED) is 0.347. The molecule has 10 nitrogen and oxygen atoms in total. The van der Waals surface area contributed by atoms with Crippen molar-refractivity contribution >= 4 is 22.0 Å². The summed E-state index contributed by atoms with van der Waals surface area (Å²) in [4.78, 5) is 28.2. The zero-order valence-corrected chi connectivity index (χ0v) is 21.8. The molecule has 0 atom stereocenters. The molecule has 0 aliphatic carbocycles. The molecular formula is C25H28F2N4O6S. The van der Waals surface area contributed by atoms with Crippen LogP contribution in [0.5, 0.6) is 0 Å². The summed E-state index contributed by atoms with van der Waals surface area (Å²) in [6.07, 6.45) is 0.679. The summed E-state index contributed by atoms with van der Waals surface area (Å²) >= 11 is 0. The van der Waals surface area contributed by atoms with Gasteiger partial charge in [0.15, 0.2) is 5.82 Å². The molecule has 204 valence electrons. The van der Waals surface area contributed by atoms with Gasteiger partial charge in [-0.05, 0) is 35.7 Å². The van der Waals surface area contributed by atoms with Gasteiger partial charge in [0.1, 0.15) is 5.69 Å². The molecule has 2 amide bonds. The van der Waals surface area contributed by atoms with Crippen molar-refractivity contribution in [1.82, 2.24) is 19.2 Å². The number of carbonyl (C=O) groups is 2. The predicted molar refractivity (Wildman–Crippen MR) is 134 cm³/mol. The number of aliphatic hydroxyl groups is 1. The number of carbonyl (C=O) groups excluding carboxylic acids is 1. The number of hydrogen-bond acceptors (Lipinski definition) is 6. The Hall–Kier alpha value is -3.84. The lowest BCUT2D eigenvalue weighted by atomic mass is 9.96. The summed E-state index contributed by atoms with van der Waals surface area (Å²) in [5.74, 6) is -2.90. The summed E-state index contributed by atoms with van der Waals surface area (Å²) < 4.78 is 58.4. The average molecular weight is 551 g/mol. The number of rotatable bonds is 9. The fraction of sp³-hybridized carbons (Fsp3) is 0.320. The monoisotopic (exact) mass is 550 g/mol. The molecule has 0 spiro atoms. The Balaban J connectivity index is 2.19. The molecule has 3 aromatic rings. The van der Waals surface area contributed by atoms with E-state index in [1.54, 1.807) is 20.8 Å². The molecule has 3 rings (SSSR count). The maximum atomic E-state index is 15.8. The predicted octanol–water partition coefficient (Wildman–Crippen LogP) is 3.31. The van der Waals surface area contributed by atoms with Gasteiger partial charge in [-0.25, -0.2) is 26.6 Å². The largest absolute Gasteiger partial charge is 0.465 e. The van der Waals surface area contributed by atoms with E-state index in [-0.39, 0.29) is 30.8 Å². The number of nitrogens with one attached hydrogen (secondary N) is 1. The SMILES string of the molecule is CC(C)(C)CN(Cc1cn(S(=O)(=O)c2cccc(C(=O)NCCO)c2)c(-c2cccnc2F)c1F)C(=O)O. The molecule has 0 unspecified atom stereocenters. The average Bonchev–Trinajstić information content (AvgIpc) is 3.18. The van der Waals surface area contributed by atoms with Crippen molar-refractivity contribution in [1.29, 1.82) is 0 Å². The molecule has 2 aromatic heterocycles. The van der Waals surface area contributed by atoms with E-state index in [1.807, 2.05) is 0 Å². The Kier molecular flexibility index (Phi) is 8.52. The molecule has 0 saturated carbocycles. The first-order valence-corrected chi connectivity index (χ1v) is 12.9. The molecule has 0 bridgehead atoms. The fourth-order valence-electron chi connectivity index (χ4n) is 3.76. The van der Waals surface area contributed by atoms with Gasteiger partial charge in [-0.3, -0.25) is 4.79 Å². The molecule has 1 aromatic carbocycles. The van der Waals surface area contributed by atoms with Gasteiger partial charge in [0.05, 0.1) is 23.6 Å². The van der Waals surface area contributed by atoms with E-state index in [9.17, 15) is 27.5 Å². The number of halogens is 2. The van der Waals surface area contributed by atoms with Crippen LogP contribution in [0.15, 0.2) is 53.7 Å². The van der Waals surface area contributed by atoms with Gasteiger partial charge in [-0.15, -0.1) is 0 Å². The van der Waals surface area contributed by atoms with Gasteiger partial charge < -0.3 is 20.4 Å². The van der Waals surface area contributed by atoms with Crippen LogP contribution in [0.1, 0.15) is 36.7 Å². The number of amides is 2. The number of aromatic nitrogens is 2. The summed E-state index contributed by atoms with van der Waals surface area (Å²) in [5.41, 5.74) is -1.94. The third-order valence-corrected chi connectivity index (χ3v) is 7.00. The highest BCUT2D eigenvalue weighted by Crippen LogP contribution is 2.33. The number of aliphatic hydroxyl groups excluding tert-OH is 1. The van der Waals surface area contributed by atoms with Crippen LogP contribution in [-0.2, 0) is 16.6 Å². The first kappa shape index (κ1) is 28.7. The van der Waals surface area contributed by atoms with E-state index in [2.05, 4.69) is 10.3 Å². The lowest BCUT2D eigenvalue weighted by molar-refractivity contribution is 0.0944. The summed E-state index contributed by atoms with van der Waals surface area (Å²) in [6, 6.07) is 7.36. The molecule has 0 saturated heterocycles. The van der Waals surface area contributed by atoms with E-state index >= 15 is 4.39 Å². The van der Waals surface area contributed by atoms with Crippen LogP contribution >= 0.6 is 0 Å². The number of hydrogen-bond donors (Lipinski definition) is 3. The molecule has 0 aliphatic rings. The van der Waals surface area contributed by atoms with Crippen molar-refractivity contribution in [3.63, 3.8) is 0 Å². The van der Waals surface area contributed by atoms with E-state index in [0.29, 0.717) is 3.97 Å². The van der Waals surface area contributed by atoms with Gasteiger partial charge in [-0.1, -0.05) is 26.8 Å². The van der Waals surface area contributed by atoms with Gasteiger partial charge in [-0.2, -0.15) is 4.39 Å². The Morgan fingerprint density at radius 2 is 1.87 bits per heavy atom. The van der Waals surface area contributed by atoms with Crippen LogP contribution < -0.4 is 5.32 Å². The minimum absolute atomic E-state index is 0.0152. The maximum Gasteiger partial charge on any atom is 0.407 e.